The quantitative estimate of drug-likeness (QED) is 0.619. The summed E-state index contributed by atoms with van der Waals surface area (Å²) in [5.74, 6) is 0.178. The van der Waals surface area contributed by atoms with E-state index >= 15 is 0 Å². The van der Waals surface area contributed by atoms with Crippen LogP contribution in [0.5, 0.6) is 0 Å². The second-order valence-corrected chi connectivity index (χ2v) is 8.08. The second-order valence-electron chi connectivity index (χ2n) is 7.65. The molecule has 3 nitrogen and oxygen atoms in total. The summed E-state index contributed by atoms with van der Waals surface area (Å²) in [6.07, 6.45) is 3.10. The lowest BCUT2D eigenvalue weighted by Crippen LogP contribution is -2.49. The van der Waals surface area contributed by atoms with E-state index in [4.69, 9.17) is 11.6 Å². The van der Waals surface area contributed by atoms with Gasteiger partial charge in [-0.3, -0.25) is 4.79 Å². The molecule has 2 aromatic carbocycles. The maximum atomic E-state index is 12.9. The fraction of sp³-hybridized carbons (Fsp3) is 0.435. The number of benzene rings is 2. The second kappa shape index (κ2) is 10.8. The number of hydrogen-bond acceptors (Lipinski definition) is 2. The van der Waals surface area contributed by atoms with E-state index in [0.717, 1.165) is 44.6 Å². The number of piperidine rings is 1. The molecule has 152 valence electrons. The maximum Gasteiger partial charge on any atom is 0.229 e. The van der Waals surface area contributed by atoms with E-state index in [9.17, 15) is 4.79 Å². The van der Waals surface area contributed by atoms with E-state index in [1.807, 2.05) is 43.0 Å². The van der Waals surface area contributed by atoms with Crippen molar-refractivity contribution >= 4 is 35.6 Å². The zero-order chi connectivity index (χ0) is 19.2. The van der Waals surface area contributed by atoms with Crippen molar-refractivity contribution in [2.24, 2.45) is 5.92 Å². The number of carbonyl (C=O) groups excluding carboxylic acids is 1. The van der Waals surface area contributed by atoms with Crippen LogP contribution in [0.1, 0.15) is 32.3 Å². The van der Waals surface area contributed by atoms with Gasteiger partial charge in [0.05, 0.1) is 0 Å². The molecule has 0 aromatic heterocycles. The molecule has 0 aliphatic carbocycles. The Morgan fingerprint density at radius 3 is 2.25 bits per heavy atom. The Hall–Kier alpha value is -1.55. The summed E-state index contributed by atoms with van der Waals surface area (Å²) in [4.78, 5) is 17.4. The van der Waals surface area contributed by atoms with Crippen molar-refractivity contribution in [3.05, 3.63) is 65.2 Å². The highest BCUT2D eigenvalue weighted by Crippen LogP contribution is 2.27. The lowest BCUT2D eigenvalue weighted by Gasteiger charge is -2.39. The molecule has 0 atom stereocenters. The molecule has 0 bridgehead atoms. The monoisotopic (exact) mass is 420 g/mol. The molecule has 1 aliphatic rings. The van der Waals surface area contributed by atoms with Gasteiger partial charge < -0.3 is 9.80 Å². The summed E-state index contributed by atoms with van der Waals surface area (Å²) < 4.78 is 0. The standard InChI is InChI=1S/C23H29ClN2O.ClH/c1-18(2)23(27)26(21-10-8-20(24)9-11-21)22-13-16-25(17-14-22)15-12-19-6-4-3-5-7-19;/h3-11,18,22H,12-17H2,1-2H3;1H. The molecule has 3 rings (SSSR count). The number of anilines is 1. The Kier molecular flexibility index (Phi) is 8.81. The lowest BCUT2D eigenvalue weighted by atomic mass is 9.99. The number of nitrogens with zero attached hydrogens (tertiary/aromatic N) is 2. The predicted molar refractivity (Wildman–Crippen MR) is 121 cm³/mol. The fourth-order valence-corrected chi connectivity index (χ4v) is 3.86. The van der Waals surface area contributed by atoms with Crippen LogP contribution in [-0.2, 0) is 11.2 Å². The highest BCUT2D eigenvalue weighted by molar-refractivity contribution is 6.30. The Morgan fingerprint density at radius 1 is 1.07 bits per heavy atom. The van der Waals surface area contributed by atoms with Gasteiger partial charge in [0.1, 0.15) is 0 Å². The molecule has 28 heavy (non-hydrogen) atoms. The number of likely N-dealkylation sites (tertiary alicyclic amines) is 1. The summed E-state index contributed by atoms with van der Waals surface area (Å²) in [5.41, 5.74) is 2.35. The summed E-state index contributed by atoms with van der Waals surface area (Å²) in [6, 6.07) is 18.6. The van der Waals surface area contributed by atoms with Gasteiger partial charge in [-0.05, 0) is 49.1 Å². The Labute approximate surface area is 180 Å². The fourth-order valence-electron chi connectivity index (χ4n) is 3.73. The minimum atomic E-state index is -0.0169. The summed E-state index contributed by atoms with van der Waals surface area (Å²) >= 11 is 6.04. The molecule has 0 spiro atoms. The van der Waals surface area contributed by atoms with Crippen molar-refractivity contribution in [1.82, 2.24) is 4.90 Å². The van der Waals surface area contributed by atoms with Crippen LogP contribution >= 0.6 is 24.0 Å². The first kappa shape index (κ1) is 22.7. The number of halogens is 2. The Morgan fingerprint density at radius 2 is 1.68 bits per heavy atom. The van der Waals surface area contributed by atoms with Crippen molar-refractivity contribution in [1.29, 1.82) is 0 Å². The smallest absolute Gasteiger partial charge is 0.229 e. The molecule has 1 amide bonds. The highest BCUT2D eigenvalue weighted by Gasteiger charge is 2.30. The molecule has 1 saturated heterocycles. The third-order valence-electron chi connectivity index (χ3n) is 5.32. The highest BCUT2D eigenvalue weighted by atomic mass is 35.5. The van der Waals surface area contributed by atoms with Crippen molar-refractivity contribution in [3.63, 3.8) is 0 Å². The van der Waals surface area contributed by atoms with Crippen molar-refractivity contribution in [2.45, 2.75) is 39.2 Å². The summed E-state index contributed by atoms with van der Waals surface area (Å²) in [5, 5.41) is 0.700. The molecule has 0 saturated carbocycles. The molecular weight excluding hydrogens is 391 g/mol. The van der Waals surface area contributed by atoms with Crippen LogP contribution in [0.15, 0.2) is 54.6 Å². The van der Waals surface area contributed by atoms with Gasteiger partial charge in [0.15, 0.2) is 0 Å². The molecule has 5 heteroatoms. The SMILES string of the molecule is CC(C)C(=O)N(c1ccc(Cl)cc1)C1CCN(CCc2ccccc2)CC1.Cl. The average Bonchev–Trinajstić information content (AvgIpc) is 2.69. The average molecular weight is 421 g/mol. The number of amides is 1. The van der Waals surface area contributed by atoms with E-state index in [-0.39, 0.29) is 30.3 Å². The first-order chi connectivity index (χ1) is 13.0. The third-order valence-corrected chi connectivity index (χ3v) is 5.57. The van der Waals surface area contributed by atoms with Gasteiger partial charge >= 0.3 is 0 Å². The molecule has 1 aliphatic heterocycles. The van der Waals surface area contributed by atoms with Gasteiger partial charge in [-0.15, -0.1) is 12.4 Å². The third kappa shape index (κ3) is 5.97. The molecular formula is C23H30Cl2N2O. The summed E-state index contributed by atoms with van der Waals surface area (Å²) in [7, 11) is 0. The Balaban J connectivity index is 0.00000280. The largest absolute Gasteiger partial charge is 0.309 e. The van der Waals surface area contributed by atoms with Crippen molar-refractivity contribution < 1.29 is 4.79 Å². The van der Waals surface area contributed by atoms with Crippen LogP contribution in [0.3, 0.4) is 0 Å². The molecule has 0 radical (unpaired) electrons. The molecule has 2 aromatic rings. The zero-order valence-electron chi connectivity index (χ0n) is 16.7. The molecule has 1 heterocycles. The van der Waals surface area contributed by atoms with Crippen LogP contribution in [0.25, 0.3) is 0 Å². The number of hydrogen-bond donors (Lipinski definition) is 0. The van der Waals surface area contributed by atoms with E-state index in [0.29, 0.717) is 5.02 Å². The topological polar surface area (TPSA) is 23.6 Å². The number of rotatable bonds is 6. The van der Waals surface area contributed by atoms with Gasteiger partial charge in [0.2, 0.25) is 5.91 Å². The van der Waals surface area contributed by atoms with Crippen LogP contribution in [0.4, 0.5) is 5.69 Å². The van der Waals surface area contributed by atoms with E-state index < -0.39 is 0 Å². The van der Waals surface area contributed by atoms with Crippen molar-refractivity contribution in [3.8, 4) is 0 Å². The molecule has 0 unspecified atom stereocenters. The van der Waals surface area contributed by atoms with Crippen LogP contribution in [0, 0.1) is 5.92 Å². The normalized spacial score (nSPS) is 15.3. The van der Waals surface area contributed by atoms with Crippen LogP contribution in [0.2, 0.25) is 5.02 Å². The number of carbonyl (C=O) groups is 1. The summed E-state index contributed by atoms with van der Waals surface area (Å²) in [6.45, 7) is 7.09. The van der Waals surface area contributed by atoms with Crippen LogP contribution in [-0.4, -0.2) is 36.5 Å². The zero-order valence-corrected chi connectivity index (χ0v) is 18.3. The first-order valence-electron chi connectivity index (χ1n) is 9.89. The molecule has 0 N–H and O–H groups in total. The van der Waals surface area contributed by atoms with Crippen molar-refractivity contribution in [2.75, 3.05) is 24.5 Å². The van der Waals surface area contributed by atoms with Gasteiger partial charge in [-0.1, -0.05) is 55.8 Å². The van der Waals surface area contributed by atoms with E-state index in [1.165, 1.54) is 5.56 Å². The minimum absolute atomic E-state index is 0. The van der Waals surface area contributed by atoms with Crippen LogP contribution < -0.4 is 4.90 Å². The predicted octanol–water partition coefficient (Wildman–Crippen LogP) is 5.46. The van der Waals surface area contributed by atoms with Gasteiger partial charge in [0, 0.05) is 42.3 Å². The van der Waals surface area contributed by atoms with E-state index in [2.05, 4.69) is 35.2 Å². The Bertz CT molecular complexity index is 726. The van der Waals surface area contributed by atoms with Gasteiger partial charge in [-0.25, -0.2) is 0 Å². The first-order valence-corrected chi connectivity index (χ1v) is 10.3. The van der Waals surface area contributed by atoms with Gasteiger partial charge in [-0.2, -0.15) is 0 Å². The maximum absolute atomic E-state index is 12.9. The van der Waals surface area contributed by atoms with Gasteiger partial charge in [0.25, 0.3) is 0 Å². The molecule has 1 fully saturated rings. The van der Waals surface area contributed by atoms with E-state index in [1.54, 1.807) is 0 Å². The minimum Gasteiger partial charge on any atom is -0.309 e. The lowest BCUT2D eigenvalue weighted by molar-refractivity contribution is -0.122.